The van der Waals surface area contributed by atoms with Crippen molar-refractivity contribution in [2.75, 3.05) is 40.4 Å². The van der Waals surface area contributed by atoms with E-state index < -0.39 is 0 Å². The Balaban J connectivity index is 2.06. The predicted octanol–water partition coefficient (Wildman–Crippen LogP) is 3.40. The maximum absolute atomic E-state index is 5.55. The first-order valence-corrected chi connectivity index (χ1v) is 8.97. The monoisotopic (exact) mass is 340 g/mol. The Morgan fingerprint density at radius 1 is 0.960 bits per heavy atom. The average molecular weight is 340 g/mol. The van der Waals surface area contributed by atoms with Gasteiger partial charge in [0.05, 0.1) is 20.3 Å². The molecule has 1 heterocycles. The lowest BCUT2D eigenvalue weighted by molar-refractivity contribution is 0.239. The molecule has 25 heavy (non-hydrogen) atoms. The first-order valence-electron chi connectivity index (χ1n) is 8.97. The van der Waals surface area contributed by atoms with Crippen LogP contribution in [-0.2, 0) is 0 Å². The molecule has 1 aliphatic heterocycles. The molecule has 1 N–H and O–H groups in total. The van der Waals surface area contributed by atoms with Crippen molar-refractivity contribution in [1.82, 2.24) is 10.2 Å². The van der Waals surface area contributed by atoms with Gasteiger partial charge in [0.2, 0.25) is 0 Å². The molecule has 2 aromatic carbocycles. The van der Waals surface area contributed by atoms with Gasteiger partial charge >= 0.3 is 0 Å². The normalized spacial score (nSPS) is 16.9. The van der Waals surface area contributed by atoms with Gasteiger partial charge < -0.3 is 14.8 Å². The smallest absolute Gasteiger partial charge is 0.161 e. The Labute approximate surface area is 150 Å². The number of aryl methyl sites for hydroxylation is 1. The predicted molar refractivity (Wildman–Crippen MR) is 102 cm³/mol. The summed E-state index contributed by atoms with van der Waals surface area (Å²) in [4.78, 5) is 2.57. The number of ether oxygens (including phenoxy) is 2. The Morgan fingerprint density at radius 3 is 2.52 bits per heavy atom. The third-order valence-electron chi connectivity index (χ3n) is 4.95. The van der Waals surface area contributed by atoms with E-state index in [0.717, 1.165) is 44.1 Å². The summed E-state index contributed by atoms with van der Waals surface area (Å²) >= 11 is 0. The molecule has 4 nitrogen and oxygen atoms in total. The van der Waals surface area contributed by atoms with E-state index in [2.05, 4.69) is 53.5 Å². The summed E-state index contributed by atoms with van der Waals surface area (Å²) in [7, 11) is 3.37. The third kappa shape index (κ3) is 3.97. The molecule has 0 amide bonds. The van der Waals surface area contributed by atoms with Crippen molar-refractivity contribution in [3.8, 4) is 11.5 Å². The molecule has 0 radical (unpaired) electrons. The minimum Gasteiger partial charge on any atom is -0.493 e. The van der Waals surface area contributed by atoms with Crippen LogP contribution in [0.4, 0.5) is 0 Å². The van der Waals surface area contributed by atoms with Gasteiger partial charge in [0.25, 0.3) is 0 Å². The standard InChI is InChI=1S/C21H28N2O2/c1-16-7-4-5-8-18(16)21(23-13-6-11-22-12-14-23)17-9-10-19(24-2)20(15-17)25-3/h4-5,7-10,15,21-22H,6,11-14H2,1-3H3. The molecule has 1 saturated heterocycles. The van der Waals surface area contributed by atoms with Crippen LogP contribution in [-0.4, -0.2) is 45.3 Å². The van der Waals surface area contributed by atoms with E-state index in [0.29, 0.717) is 0 Å². The summed E-state index contributed by atoms with van der Waals surface area (Å²) in [6, 6.07) is 15.2. The zero-order valence-corrected chi connectivity index (χ0v) is 15.4. The summed E-state index contributed by atoms with van der Waals surface area (Å²) in [5.74, 6) is 1.55. The Hall–Kier alpha value is -2.04. The van der Waals surface area contributed by atoms with Gasteiger partial charge in [-0.1, -0.05) is 30.3 Å². The summed E-state index contributed by atoms with van der Waals surface area (Å²) in [6.45, 7) is 6.42. The summed E-state index contributed by atoms with van der Waals surface area (Å²) in [5, 5.41) is 3.50. The highest BCUT2D eigenvalue weighted by Gasteiger charge is 2.25. The molecule has 1 aliphatic rings. The highest BCUT2D eigenvalue weighted by molar-refractivity contribution is 5.47. The number of nitrogens with one attached hydrogen (secondary N) is 1. The number of methoxy groups -OCH3 is 2. The van der Waals surface area contributed by atoms with Crippen molar-refractivity contribution in [3.05, 3.63) is 59.2 Å². The zero-order chi connectivity index (χ0) is 17.6. The highest BCUT2D eigenvalue weighted by atomic mass is 16.5. The second kappa shape index (κ2) is 8.37. The number of nitrogens with zero attached hydrogens (tertiary/aromatic N) is 1. The first kappa shape index (κ1) is 17.8. The second-order valence-corrected chi connectivity index (χ2v) is 6.51. The lowest BCUT2D eigenvalue weighted by atomic mass is 9.93. The average Bonchev–Trinajstić information content (AvgIpc) is 2.92. The number of benzene rings is 2. The minimum atomic E-state index is 0.223. The Bertz CT molecular complexity index is 694. The van der Waals surface area contributed by atoms with Crippen molar-refractivity contribution < 1.29 is 9.47 Å². The highest BCUT2D eigenvalue weighted by Crippen LogP contribution is 2.36. The fourth-order valence-corrected chi connectivity index (χ4v) is 3.63. The first-order chi connectivity index (χ1) is 12.2. The fourth-order valence-electron chi connectivity index (χ4n) is 3.63. The SMILES string of the molecule is COc1ccc(C(c2ccccc2C)N2CCCNCC2)cc1OC. The molecular weight excluding hydrogens is 312 g/mol. The lowest BCUT2D eigenvalue weighted by Gasteiger charge is -2.32. The molecule has 3 rings (SSSR count). The fraction of sp³-hybridized carbons (Fsp3) is 0.429. The molecule has 0 saturated carbocycles. The van der Waals surface area contributed by atoms with Gasteiger partial charge in [-0.3, -0.25) is 4.90 Å². The lowest BCUT2D eigenvalue weighted by Crippen LogP contribution is -2.33. The third-order valence-corrected chi connectivity index (χ3v) is 4.95. The van der Waals surface area contributed by atoms with E-state index in [9.17, 15) is 0 Å². The minimum absolute atomic E-state index is 0.223. The molecule has 1 fully saturated rings. The number of hydrogen-bond donors (Lipinski definition) is 1. The molecule has 0 bridgehead atoms. The van der Waals surface area contributed by atoms with E-state index in [4.69, 9.17) is 9.47 Å². The number of rotatable bonds is 5. The molecular formula is C21H28N2O2. The molecule has 0 aromatic heterocycles. The topological polar surface area (TPSA) is 33.7 Å². The van der Waals surface area contributed by atoms with Crippen LogP contribution in [0, 0.1) is 6.92 Å². The van der Waals surface area contributed by atoms with Crippen LogP contribution in [0.3, 0.4) is 0 Å². The van der Waals surface area contributed by atoms with Crippen LogP contribution in [0.2, 0.25) is 0 Å². The van der Waals surface area contributed by atoms with Crippen molar-refractivity contribution in [2.45, 2.75) is 19.4 Å². The molecule has 4 heteroatoms. The quantitative estimate of drug-likeness (QED) is 0.904. The Kier molecular flexibility index (Phi) is 5.95. The second-order valence-electron chi connectivity index (χ2n) is 6.51. The van der Waals surface area contributed by atoms with Gasteiger partial charge in [-0.2, -0.15) is 0 Å². The summed E-state index contributed by atoms with van der Waals surface area (Å²) < 4.78 is 11.0. The van der Waals surface area contributed by atoms with E-state index in [1.165, 1.54) is 16.7 Å². The van der Waals surface area contributed by atoms with Gasteiger partial charge in [0.15, 0.2) is 11.5 Å². The van der Waals surface area contributed by atoms with Crippen LogP contribution in [0.5, 0.6) is 11.5 Å². The van der Waals surface area contributed by atoms with Crippen molar-refractivity contribution in [3.63, 3.8) is 0 Å². The molecule has 134 valence electrons. The largest absolute Gasteiger partial charge is 0.493 e. The van der Waals surface area contributed by atoms with E-state index in [-0.39, 0.29) is 6.04 Å². The number of hydrogen-bond acceptors (Lipinski definition) is 4. The van der Waals surface area contributed by atoms with Crippen molar-refractivity contribution in [1.29, 1.82) is 0 Å². The molecule has 2 aromatic rings. The van der Waals surface area contributed by atoms with Gasteiger partial charge in [-0.25, -0.2) is 0 Å². The van der Waals surface area contributed by atoms with Gasteiger partial charge in [0.1, 0.15) is 0 Å². The van der Waals surface area contributed by atoms with Crippen LogP contribution in [0.1, 0.15) is 29.2 Å². The molecule has 0 aliphatic carbocycles. The molecule has 0 spiro atoms. The summed E-state index contributed by atoms with van der Waals surface area (Å²) in [5.41, 5.74) is 3.92. The Morgan fingerprint density at radius 2 is 1.76 bits per heavy atom. The maximum atomic E-state index is 5.55. The van der Waals surface area contributed by atoms with Crippen LogP contribution in [0.15, 0.2) is 42.5 Å². The van der Waals surface area contributed by atoms with Crippen molar-refractivity contribution in [2.24, 2.45) is 0 Å². The van der Waals surface area contributed by atoms with Gasteiger partial charge in [-0.05, 0) is 48.7 Å². The van der Waals surface area contributed by atoms with Gasteiger partial charge in [0, 0.05) is 19.6 Å². The van der Waals surface area contributed by atoms with E-state index >= 15 is 0 Å². The molecule has 1 unspecified atom stereocenters. The van der Waals surface area contributed by atoms with E-state index in [1.807, 2.05) is 6.07 Å². The van der Waals surface area contributed by atoms with Crippen LogP contribution >= 0.6 is 0 Å². The molecule has 1 atom stereocenters. The van der Waals surface area contributed by atoms with Gasteiger partial charge in [-0.15, -0.1) is 0 Å². The zero-order valence-electron chi connectivity index (χ0n) is 15.4. The summed E-state index contributed by atoms with van der Waals surface area (Å²) in [6.07, 6.45) is 1.16. The van der Waals surface area contributed by atoms with Crippen LogP contribution in [0.25, 0.3) is 0 Å². The van der Waals surface area contributed by atoms with E-state index in [1.54, 1.807) is 14.2 Å². The van der Waals surface area contributed by atoms with Crippen molar-refractivity contribution >= 4 is 0 Å². The van der Waals surface area contributed by atoms with Crippen LogP contribution < -0.4 is 14.8 Å². The maximum Gasteiger partial charge on any atom is 0.161 e.